The fourth-order valence-corrected chi connectivity index (χ4v) is 2.35. The minimum Gasteiger partial charge on any atom is -0.330 e. The molecular formula is C16H22N4. The summed E-state index contributed by atoms with van der Waals surface area (Å²) in [4.78, 5) is 4.44. The molecule has 2 rings (SSSR count). The van der Waals surface area contributed by atoms with E-state index in [2.05, 4.69) is 60.8 Å². The van der Waals surface area contributed by atoms with E-state index in [4.69, 9.17) is 5.26 Å². The van der Waals surface area contributed by atoms with Gasteiger partial charge in [-0.15, -0.1) is 0 Å². The molecule has 106 valence electrons. The van der Waals surface area contributed by atoms with Crippen LogP contribution < -0.4 is 5.32 Å². The van der Waals surface area contributed by atoms with Crippen molar-refractivity contribution < 1.29 is 0 Å². The zero-order valence-corrected chi connectivity index (χ0v) is 12.6. The molecule has 4 nitrogen and oxygen atoms in total. The predicted octanol–water partition coefficient (Wildman–Crippen LogP) is 2.93. The lowest BCUT2D eigenvalue weighted by Gasteiger charge is -2.15. The normalized spacial score (nSPS) is 12.8. The van der Waals surface area contributed by atoms with Crippen molar-refractivity contribution in [3.05, 3.63) is 29.6 Å². The van der Waals surface area contributed by atoms with Gasteiger partial charge in [0.2, 0.25) is 0 Å². The van der Waals surface area contributed by atoms with Crippen molar-refractivity contribution in [1.82, 2.24) is 14.9 Å². The number of hydrogen-bond donors (Lipinski definition) is 1. The van der Waals surface area contributed by atoms with Gasteiger partial charge in [0.15, 0.2) is 0 Å². The maximum Gasteiger partial charge on any atom is 0.0972 e. The van der Waals surface area contributed by atoms with Crippen LogP contribution in [-0.4, -0.2) is 21.6 Å². The van der Waals surface area contributed by atoms with Gasteiger partial charge in [-0.1, -0.05) is 0 Å². The molecule has 20 heavy (non-hydrogen) atoms. The Bertz CT molecular complexity index is 634. The van der Waals surface area contributed by atoms with Crippen LogP contribution >= 0.6 is 0 Å². The van der Waals surface area contributed by atoms with E-state index in [-0.39, 0.29) is 6.04 Å². The van der Waals surface area contributed by atoms with Gasteiger partial charge < -0.3 is 4.57 Å². The average molecular weight is 270 g/mol. The topological polar surface area (TPSA) is 53.6 Å². The van der Waals surface area contributed by atoms with Crippen LogP contribution in [0.3, 0.4) is 0 Å². The van der Waals surface area contributed by atoms with Crippen molar-refractivity contribution in [3.8, 4) is 6.07 Å². The molecule has 0 aliphatic carbocycles. The molecular weight excluding hydrogens is 248 g/mol. The Hall–Kier alpha value is -1.86. The van der Waals surface area contributed by atoms with E-state index in [9.17, 15) is 0 Å². The summed E-state index contributed by atoms with van der Waals surface area (Å²) in [5.74, 6) is 0. The summed E-state index contributed by atoms with van der Waals surface area (Å²) in [7, 11) is 0. The molecule has 1 unspecified atom stereocenters. The quantitative estimate of drug-likeness (QED) is 0.908. The second kappa shape index (κ2) is 6.06. The Balaban J connectivity index is 2.14. The van der Waals surface area contributed by atoms with Crippen LogP contribution in [0.1, 0.15) is 31.4 Å². The molecule has 4 heteroatoms. The Kier molecular flexibility index (Phi) is 4.41. The van der Waals surface area contributed by atoms with Crippen molar-refractivity contribution in [1.29, 1.82) is 5.26 Å². The van der Waals surface area contributed by atoms with Gasteiger partial charge >= 0.3 is 0 Å². The van der Waals surface area contributed by atoms with E-state index in [1.807, 2.05) is 6.33 Å². The van der Waals surface area contributed by atoms with Crippen LogP contribution in [0.15, 0.2) is 18.5 Å². The lowest BCUT2D eigenvalue weighted by atomic mass is 10.1. The summed E-state index contributed by atoms with van der Waals surface area (Å²) in [5.41, 5.74) is 4.71. The molecule has 1 heterocycles. The number of aryl methyl sites for hydroxylation is 3. The maximum absolute atomic E-state index is 9.16. The number of benzene rings is 1. The summed E-state index contributed by atoms with van der Waals surface area (Å²) in [5, 5.41) is 12.4. The van der Waals surface area contributed by atoms with Gasteiger partial charge in [-0.25, -0.2) is 4.98 Å². The number of nitrogens with one attached hydrogen (secondary N) is 1. The summed E-state index contributed by atoms with van der Waals surface area (Å²) in [6, 6.07) is 6.83. The Morgan fingerprint density at radius 1 is 1.30 bits per heavy atom. The first-order valence-electron chi connectivity index (χ1n) is 7.09. The fourth-order valence-electron chi connectivity index (χ4n) is 2.35. The zero-order chi connectivity index (χ0) is 14.7. The molecule has 0 fully saturated rings. The average Bonchev–Trinajstić information content (AvgIpc) is 2.77. The first kappa shape index (κ1) is 14.5. The van der Waals surface area contributed by atoms with E-state index in [1.54, 1.807) is 0 Å². The van der Waals surface area contributed by atoms with Crippen LogP contribution in [-0.2, 0) is 6.54 Å². The molecule has 0 aliphatic rings. The number of aromatic nitrogens is 2. The van der Waals surface area contributed by atoms with Crippen LogP contribution in [0.2, 0.25) is 0 Å². The van der Waals surface area contributed by atoms with Crippen molar-refractivity contribution in [2.45, 2.75) is 52.7 Å². The van der Waals surface area contributed by atoms with E-state index in [1.165, 1.54) is 11.1 Å². The van der Waals surface area contributed by atoms with Gasteiger partial charge in [-0.2, -0.15) is 5.26 Å². The summed E-state index contributed by atoms with van der Waals surface area (Å²) >= 11 is 0. The summed E-state index contributed by atoms with van der Waals surface area (Å²) in [6.45, 7) is 9.14. The fraction of sp³-hybridized carbons (Fsp3) is 0.500. The maximum atomic E-state index is 9.16. The Morgan fingerprint density at radius 3 is 2.65 bits per heavy atom. The highest BCUT2D eigenvalue weighted by atomic mass is 15.0. The van der Waals surface area contributed by atoms with Gasteiger partial charge in [0.25, 0.3) is 0 Å². The van der Waals surface area contributed by atoms with E-state index < -0.39 is 0 Å². The van der Waals surface area contributed by atoms with Gasteiger partial charge in [0, 0.05) is 12.6 Å². The smallest absolute Gasteiger partial charge is 0.0972 e. The molecule has 0 amide bonds. The number of nitrogens with zero attached hydrogens (tertiary/aromatic N) is 3. The van der Waals surface area contributed by atoms with Gasteiger partial charge in [0.05, 0.1) is 29.5 Å². The van der Waals surface area contributed by atoms with Gasteiger partial charge in [0.1, 0.15) is 0 Å². The molecule has 1 aromatic carbocycles. The lowest BCUT2D eigenvalue weighted by molar-refractivity contribution is 0.479. The molecule has 0 bridgehead atoms. The minimum absolute atomic E-state index is 0.112. The molecule has 1 N–H and O–H groups in total. The molecule has 0 spiro atoms. The number of fused-ring (bicyclic) bond motifs is 1. The van der Waals surface area contributed by atoms with Crippen molar-refractivity contribution in [3.63, 3.8) is 0 Å². The third kappa shape index (κ3) is 3.17. The number of hydrogen-bond acceptors (Lipinski definition) is 3. The molecule has 2 aromatic rings. The minimum atomic E-state index is -0.112. The highest BCUT2D eigenvalue weighted by Gasteiger charge is 2.10. The molecule has 0 saturated heterocycles. The lowest BCUT2D eigenvalue weighted by Crippen LogP contribution is -2.34. The van der Waals surface area contributed by atoms with Crippen LogP contribution in [0.5, 0.6) is 0 Å². The highest BCUT2D eigenvalue weighted by molar-refractivity contribution is 5.77. The number of nitriles is 1. The zero-order valence-electron chi connectivity index (χ0n) is 12.6. The molecule has 0 saturated carbocycles. The standard InChI is InChI=1S/C16H22N4/c1-11(2)19-14(9-17)5-6-20-10-18-15-7-12(3)13(4)8-16(15)20/h7-8,10-11,14,19H,5-6H2,1-4H3. The largest absolute Gasteiger partial charge is 0.330 e. The van der Waals surface area contributed by atoms with Gasteiger partial charge in [-0.05, 0) is 57.4 Å². The Labute approximate surface area is 120 Å². The third-order valence-corrected chi connectivity index (χ3v) is 3.59. The molecule has 1 aromatic heterocycles. The monoisotopic (exact) mass is 270 g/mol. The van der Waals surface area contributed by atoms with E-state index in [0.717, 1.165) is 24.0 Å². The van der Waals surface area contributed by atoms with E-state index in [0.29, 0.717) is 6.04 Å². The summed E-state index contributed by atoms with van der Waals surface area (Å²) in [6.07, 6.45) is 2.65. The van der Waals surface area contributed by atoms with Gasteiger partial charge in [-0.3, -0.25) is 5.32 Å². The highest BCUT2D eigenvalue weighted by Crippen LogP contribution is 2.18. The molecule has 0 radical (unpaired) electrons. The second-order valence-corrected chi connectivity index (χ2v) is 5.65. The molecule has 1 atom stereocenters. The van der Waals surface area contributed by atoms with Crippen LogP contribution in [0, 0.1) is 25.2 Å². The molecule has 0 aliphatic heterocycles. The van der Waals surface area contributed by atoms with E-state index >= 15 is 0 Å². The van der Waals surface area contributed by atoms with Crippen molar-refractivity contribution in [2.24, 2.45) is 0 Å². The number of rotatable bonds is 5. The number of imidazole rings is 1. The SMILES string of the molecule is Cc1cc2ncn(CCC(C#N)NC(C)C)c2cc1C. The first-order valence-corrected chi connectivity index (χ1v) is 7.09. The predicted molar refractivity (Wildman–Crippen MR) is 81.5 cm³/mol. The summed E-state index contributed by atoms with van der Waals surface area (Å²) < 4.78 is 2.13. The second-order valence-electron chi connectivity index (χ2n) is 5.65. The third-order valence-electron chi connectivity index (χ3n) is 3.59. The van der Waals surface area contributed by atoms with Crippen molar-refractivity contribution >= 4 is 11.0 Å². The van der Waals surface area contributed by atoms with Crippen LogP contribution in [0.25, 0.3) is 11.0 Å². The Morgan fingerprint density at radius 2 is 2.00 bits per heavy atom. The van der Waals surface area contributed by atoms with Crippen LogP contribution in [0.4, 0.5) is 0 Å². The first-order chi connectivity index (χ1) is 9.51. The van der Waals surface area contributed by atoms with Crippen molar-refractivity contribution in [2.75, 3.05) is 0 Å².